The molecule has 6 nitrogen and oxygen atoms in total. The van der Waals surface area contributed by atoms with Gasteiger partial charge in [0.15, 0.2) is 11.5 Å². The Morgan fingerprint density at radius 1 is 1.26 bits per heavy atom. The van der Waals surface area contributed by atoms with Crippen LogP contribution < -0.4 is 21.1 Å². The molecule has 0 heterocycles. The Morgan fingerprint density at radius 3 is 2.74 bits per heavy atom. The number of hydrogen-bond donors (Lipinski definition) is 4. The molecule has 0 fully saturated rings. The Bertz CT molecular complexity index is 504. The third kappa shape index (κ3) is 8.23. The van der Waals surface area contributed by atoms with Gasteiger partial charge in [-0.3, -0.25) is 4.79 Å². The molecule has 0 unspecified atom stereocenters. The highest BCUT2D eigenvalue weighted by molar-refractivity contribution is 5.91. The van der Waals surface area contributed by atoms with Crippen LogP contribution in [0.5, 0.6) is 11.5 Å². The first kappa shape index (κ1) is 19.0. The Balaban J connectivity index is 2.21. The van der Waals surface area contributed by atoms with E-state index in [0.29, 0.717) is 18.8 Å². The van der Waals surface area contributed by atoms with Crippen molar-refractivity contribution in [2.75, 3.05) is 33.3 Å². The van der Waals surface area contributed by atoms with Crippen LogP contribution >= 0.6 is 0 Å². The molecule has 0 spiro atoms. The number of nitrogens with one attached hydrogen (secondary N) is 2. The molecule has 1 aromatic carbocycles. The zero-order valence-electron chi connectivity index (χ0n) is 13.7. The molecule has 0 aliphatic rings. The van der Waals surface area contributed by atoms with E-state index in [1.54, 1.807) is 18.2 Å². The van der Waals surface area contributed by atoms with E-state index >= 15 is 0 Å². The minimum atomic E-state index is -0.131. The number of phenols is 1. The van der Waals surface area contributed by atoms with Gasteiger partial charge in [0, 0.05) is 12.6 Å². The van der Waals surface area contributed by atoms with E-state index in [9.17, 15) is 9.90 Å². The summed E-state index contributed by atoms with van der Waals surface area (Å²) < 4.78 is 5.02. The van der Waals surface area contributed by atoms with Crippen LogP contribution in [0.15, 0.2) is 24.3 Å². The van der Waals surface area contributed by atoms with Crippen LogP contribution in [0.4, 0.5) is 0 Å². The van der Waals surface area contributed by atoms with Gasteiger partial charge in [-0.05, 0) is 62.7 Å². The van der Waals surface area contributed by atoms with Crippen LogP contribution in [0, 0.1) is 0 Å². The highest BCUT2D eigenvalue weighted by Crippen LogP contribution is 2.26. The molecule has 0 radical (unpaired) electrons. The summed E-state index contributed by atoms with van der Waals surface area (Å²) in [5.74, 6) is 0.331. The average molecular weight is 321 g/mol. The highest BCUT2D eigenvalue weighted by atomic mass is 16.5. The maximum Gasteiger partial charge on any atom is 0.243 e. The van der Waals surface area contributed by atoms with E-state index in [1.165, 1.54) is 19.3 Å². The van der Waals surface area contributed by atoms with Gasteiger partial charge >= 0.3 is 0 Å². The molecule has 128 valence electrons. The third-order valence-corrected chi connectivity index (χ3v) is 3.27. The smallest absolute Gasteiger partial charge is 0.243 e. The largest absolute Gasteiger partial charge is 0.504 e. The van der Waals surface area contributed by atoms with E-state index < -0.39 is 0 Å². The van der Waals surface area contributed by atoms with Gasteiger partial charge in [-0.2, -0.15) is 0 Å². The van der Waals surface area contributed by atoms with E-state index in [4.69, 9.17) is 10.5 Å². The number of methoxy groups -OCH3 is 1. The number of carbonyl (C=O) groups excluding carboxylic acids is 1. The maximum atomic E-state index is 11.7. The van der Waals surface area contributed by atoms with Crippen LogP contribution in [-0.2, 0) is 4.79 Å². The second-order valence-corrected chi connectivity index (χ2v) is 5.15. The molecule has 6 heteroatoms. The molecule has 23 heavy (non-hydrogen) atoms. The minimum Gasteiger partial charge on any atom is -0.504 e. The van der Waals surface area contributed by atoms with Crippen molar-refractivity contribution in [2.24, 2.45) is 5.73 Å². The first-order valence-corrected chi connectivity index (χ1v) is 7.91. The number of amides is 1. The summed E-state index contributed by atoms with van der Waals surface area (Å²) >= 11 is 0. The van der Waals surface area contributed by atoms with E-state index in [2.05, 4.69) is 10.6 Å². The molecule has 0 saturated carbocycles. The summed E-state index contributed by atoms with van der Waals surface area (Å²) in [6, 6.07) is 4.93. The Hall–Kier alpha value is -2.05. The van der Waals surface area contributed by atoms with E-state index in [1.807, 2.05) is 0 Å². The van der Waals surface area contributed by atoms with Crippen LogP contribution in [-0.4, -0.2) is 44.3 Å². The van der Waals surface area contributed by atoms with Crippen molar-refractivity contribution >= 4 is 12.0 Å². The molecule has 0 bridgehead atoms. The SMILES string of the molecule is COc1cc(/C=C/C(=O)NCCCCNCCCN)ccc1O. The van der Waals surface area contributed by atoms with Gasteiger partial charge in [0.25, 0.3) is 0 Å². The molecule has 5 N–H and O–H groups in total. The lowest BCUT2D eigenvalue weighted by atomic mass is 10.2. The molecule has 0 saturated heterocycles. The monoisotopic (exact) mass is 321 g/mol. The molecule has 0 aromatic heterocycles. The van der Waals surface area contributed by atoms with E-state index in [-0.39, 0.29) is 11.7 Å². The van der Waals surface area contributed by atoms with Gasteiger partial charge in [0.1, 0.15) is 0 Å². The fourth-order valence-corrected chi connectivity index (χ4v) is 1.97. The summed E-state index contributed by atoms with van der Waals surface area (Å²) in [7, 11) is 1.49. The lowest BCUT2D eigenvalue weighted by Gasteiger charge is -2.05. The quantitative estimate of drug-likeness (QED) is 0.363. The topological polar surface area (TPSA) is 96.6 Å². The molecule has 0 atom stereocenters. The first-order valence-electron chi connectivity index (χ1n) is 7.91. The van der Waals surface area contributed by atoms with Crippen molar-refractivity contribution < 1.29 is 14.6 Å². The lowest BCUT2D eigenvalue weighted by molar-refractivity contribution is -0.116. The van der Waals surface area contributed by atoms with Crippen LogP contribution in [0.3, 0.4) is 0 Å². The number of aromatic hydroxyl groups is 1. The van der Waals surface area contributed by atoms with Gasteiger partial charge in [-0.15, -0.1) is 0 Å². The maximum absolute atomic E-state index is 11.7. The van der Waals surface area contributed by atoms with Crippen LogP contribution in [0.2, 0.25) is 0 Å². The summed E-state index contributed by atoms with van der Waals surface area (Å²) in [6.07, 6.45) is 6.10. The standard InChI is InChI=1S/C17H27N3O3/c1-23-16-13-14(5-7-15(16)21)6-8-17(22)20-12-3-2-10-19-11-4-9-18/h5-8,13,19,21H,2-4,9-12,18H2,1H3,(H,20,22)/b8-6+. The van der Waals surface area contributed by atoms with Gasteiger partial charge in [0.05, 0.1) is 7.11 Å². The number of nitrogens with two attached hydrogens (primary N) is 1. The lowest BCUT2D eigenvalue weighted by Crippen LogP contribution is -2.24. The average Bonchev–Trinajstić information content (AvgIpc) is 2.56. The molecular weight excluding hydrogens is 294 g/mol. The molecule has 1 aromatic rings. The summed E-state index contributed by atoms with van der Waals surface area (Å²) in [5.41, 5.74) is 6.20. The van der Waals surface area contributed by atoms with Crippen molar-refractivity contribution in [2.45, 2.75) is 19.3 Å². The zero-order chi connectivity index (χ0) is 16.9. The summed E-state index contributed by atoms with van der Waals surface area (Å²) in [4.78, 5) is 11.7. The third-order valence-electron chi connectivity index (χ3n) is 3.27. The Morgan fingerprint density at radius 2 is 2.00 bits per heavy atom. The number of unbranched alkanes of at least 4 members (excludes halogenated alkanes) is 1. The molecule has 0 aliphatic heterocycles. The predicted molar refractivity (Wildman–Crippen MR) is 92.5 cm³/mol. The fourth-order valence-electron chi connectivity index (χ4n) is 1.97. The molecule has 0 aliphatic carbocycles. The second-order valence-electron chi connectivity index (χ2n) is 5.15. The van der Waals surface area contributed by atoms with Gasteiger partial charge in [-0.25, -0.2) is 0 Å². The summed E-state index contributed by atoms with van der Waals surface area (Å²) in [5, 5.41) is 15.6. The van der Waals surface area contributed by atoms with Crippen molar-refractivity contribution in [1.29, 1.82) is 0 Å². The number of carbonyl (C=O) groups is 1. The van der Waals surface area contributed by atoms with Crippen LogP contribution in [0.1, 0.15) is 24.8 Å². The molecule has 1 rings (SSSR count). The number of phenolic OH excluding ortho intramolecular Hbond substituents is 1. The summed E-state index contributed by atoms with van der Waals surface area (Å²) in [6.45, 7) is 3.25. The Labute approximate surface area is 137 Å². The van der Waals surface area contributed by atoms with Crippen molar-refractivity contribution in [3.05, 3.63) is 29.8 Å². The van der Waals surface area contributed by atoms with E-state index in [0.717, 1.165) is 37.9 Å². The molecular formula is C17H27N3O3. The molecule has 1 amide bonds. The Kier molecular flexibility index (Phi) is 9.51. The number of rotatable bonds is 11. The number of benzene rings is 1. The highest BCUT2D eigenvalue weighted by Gasteiger charge is 2.01. The van der Waals surface area contributed by atoms with Crippen molar-refractivity contribution in [3.8, 4) is 11.5 Å². The minimum absolute atomic E-state index is 0.0779. The van der Waals surface area contributed by atoms with Crippen LogP contribution in [0.25, 0.3) is 6.08 Å². The van der Waals surface area contributed by atoms with Gasteiger partial charge in [-0.1, -0.05) is 6.07 Å². The predicted octanol–water partition coefficient (Wildman–Crippen LogP) is 1.25. The van der Waals surface area contributed by atoms with Crippen molar-refractivity contribution in [1.82, 2.24) is 10.6 Å². The number of hydrogen-bond acceptors (Lipinski definition) is 5. The zero-order valence-corrected chi connectivity index (χ0v) is 13.7. The fraction of sp³-hybridized carbons (Fsp3) is 0.471. The number of ether oxygens (including phenoxy) is 1. The van der Waals surface area contributed by atoms with Gasteiger partial charge in [0.2, 0.25) is 5.91 Å². The normalized spacial score (nSPS) is 10.9. The van der Waals surface area contributed by atoms with Gasteiger partial charge < -0.3 is 26.2 Å². The second kappa shape index (κ2) is 11.5. The van der Waals surface area contributed by atoms with Crippen molar-refractivity contribution in [3.63, 3.8) is 0 Å². The first-order chi connectivity index (χ1) is 11.2.